The zero-order valence-corrected chi connectivity index (χ0v) is 6.37. The van der Waals surface area contributed by atoms with Crippen molar-refractivity contribution in [1.29, 1.82) is 5.26 Å². The van der Waals surface area contributed by atoms with Crippen LogP contribution in [0.25, 0.3) is 0 Å². The highest BCUT2D eigenvalue weighted by atomic mass is 19.1. The molecule has 0 radical (unpaired) electrons. The van der Waals surface area contributed by atoms with Crippen LogP contribution in [0.5, 0.6) is 0 Å². The van der Waals surface area contributed by atoms with Crippen LogP contribution in [0.4, 0.5) is 4.39 Å². The van der Waals surface area contributed by atoms with Crippen LogP contribution in [0.3, 0.4) is 0 Å². The van der Waals surface area contributed by atoms with Crippen LogP contribution < -0.4 is 5.73 Å². The van der Waals surface area contributed by atoms with E-state index in [1.165, 1.54) is 12.1 Å². The molecule has 0 aliphatic heterocycles. The van der Waals surface area contributed by atoms with Crippen molar-refractivity contribution in [2.24, 2.45) is 5.73 Å². The lowest BCUT2D eigenvalue weighted by molar-refractivity contribution is 0.613. The summed E-state index contributed by atoms with van der Waals surface area (Å²) in [5, 5.41) is 8.32. The second-order valence-electron chi connectivity index (χ2n) is 2.37. The van der Waals surface area contributed by atoms with E-state index < -0.39 is 11.9 Å². The molecule has 12 heavy (non-hydrogen) atoms. The molecule has 0 spiro atoms. The Morgan fingerprint density at radius 1 is 1.67 bits per heavy atom. The van der Waals surface area contributed by atoms with Crippen molar-refractivity contribution in [3.63, 3.8) is 0 Å². The molecule has 0 aliphatic carbocycles. The highest BCUT2D eigenvalue weighted by Gasteiger charge is 2.05. The van der Waals surface area contributed by atoms with Crippen LogP contribution in [-0.2, 0) is 0 Å². The fourth-order valence-electron chi connectivity index (χ4n) is 0.810. The van der Waals surface area contributed by atoms with E-state index in [0.29, 0.717) is 5.69 Å². The zero-order valence-electron chi connectivity index (χ0n) is 6.37. The predicted octanol–water partition coefficient (Wildman–Crippen LogP) is 1.13. The van der Waals surface area contributed by atoms with E-state index in [-0.39, 0.29) is 6.42 Å². The standard InChI is InChI=1S/C8H8FN3/c9-6-1-2-8(12-5-6)7(11)3-4-10/h1-2,5,7H,3,11H2/t7-/m1/s1. The first-order chi connectivity index (χ1) is 5.74. The van der Waals surface area contributed by atoms with E-state index in [4.69, 9.17) is 11.0 Å². The van der Waals surface area contributed by atoms with E-state index in [0.717, 1.165) is 6.20 Å². The molecule has 1 heterocycles. The number of hydrogen-bond acceptors (Lipinski definition) is 3. The lowest BCUT2D eigenvalue weighted by Gasteiger charge is -2.04. The molecule has 2 N–H and O–H groups in total. The van der Waals surface area contributed by atoms with Gasteiger partial charge in [-0.3, -0.25) is 4.98 Å². The maximum absolute atomic E-state index is 12.4. The molecular weight excluding hydrogens is 157 g/mol. The quantitative estimate of drug-likeness (QED) is 0.714. The van der Waals surface area contributed by atoms with Gasteiger partial charge >= 0.3 is 0 Å². The Balaban J connectivity index is 2.76. The van der Waals surface area contributed by atoms with Gasteiger partial charge in [0.15, 0.2) is 0 Å². The molecule has 0 amide bonds. The number of rotatable bonds is 2. The number of aromatic nitrogens is 1. The van der Waals surface area contributed by atoms with Gasteiger partial charge < -0.3 is 5.73 Å². The van der Waals surface area contributed by atoms with Gasteiger partial charge in [0, 0.05) is 0 Å². The Kier molecular flexibility index (Phi) is 2.72. The average Bonchev–Trinajstić information content (AvgIpc) is 2.06. The molecular formula is C8H8FN3. The Bertz CT molecular complexity index is 288. The SMILES string of the molecule is N#CC[C@@H](N)c1ccc(F)cn1. The molecule has 0 aliphatic rings. The van der Waals surface area contributed by atoms with Crippen molar-refractivity contribution in [3.8, 4) is 6.07 Å². The molecule has 3 nitrogen and oxygen atoms in total. The highest BCUT2D eigenvalue weighted by Crippen LogP contribution is 2.09. The average molecular weight is 165 g/mol. The van der Waals surface area contributed by atoms with Gasteiger partial charge in [-0.05, 0) is 12.1 Å². The molecule has 0 fully saturated rings. The molecule has 0 unspecified atom stereocenters. The van der Waals surface area contributed by atoms with Crippen molar-refractivity contribution in [2.75, 3.05) is 0 Å². The predicted molar refractivity (Wildman–Crippen MR) is 41.4 cm³/mol. The molecule has 4 heteroatoms. The summed E-state index contributed by atoms with van der Waals surface area (Å²) in [5.41, 5.74) is 6.09. The van der Waals surface area contributed by atoms with Crippen LogP contribution in [0.15, 0.2) is 18.3 Å². The van der Waals surface area contributed by atoms with Gasteiger partial charge in [0.2, 0.25) is 0 Å². The minimum absolute atomic E-state index is 0.193. The van der Waals surface area contributed by atoms with Crippen molar-refractivity contribution >= 4 is 0 Å². The first-order valence-electron chi connectivity index (χ1n) is 3.48. The highest BCUT2D eigenvalue weighted by molar-refractivity contribution is 5.10. The van der Waals surface area contributed by atoms with Gasteiger partial charge in [-0.2, -0.15) is 5.26 Å². The molecule has 1 rings (SSSR count). The number of hydrogen-bond donors (Lipinski definition) is 1. The summed E-state index contributed by atoms with van der Waals surface area (Å²) in [5.74, 6) is -0.400. The van der Waals surface area contributed by atoms with Crippen molar-refractivity contribution < 1.29 is 4.39 Å². The molecule has 0 bridgehead atoms. The van der Waals surface area contributed by atoms with Crippen LogP contribution in [0.2, 0.25) is 0 Å². The largest absolute Gasteiger partial charge is 0.322 e. The second-order valence-corrected chi connectivity index (χ2v) is 2.37. The summed E-state index contributed by atoms with van der Waals surface area (Å²) in [6, 6.07) is 4.26. The van der Waals surface area contributed by atoms with E-state index in [9.17, 15) is 4.39 Å². The minimum Gasteiger partial charge on any atom is -0.322 e. The molecule has 1 aromatic rings. The van der Waals surface area contributed by atoms with Gasteiger partial charge in [0.25, 0.3) is 0 Å². The maximum atomic E-state index is 12.4. The van der Waals surface area contributed by atoms with Crippen LogP contribution in [-0.4, -0.2) is 4.98 Å². The molecule has 1 atom stereocenters. The fraction of sp³-hybridized carbons (Fsp3) is 0.250. The smallest absolute Gasteiger partial charge is 0.141 e. The third-order valence-electron chi connectivity index (χ3n) is 1.44. The topological polar surface area (TPSA) is 62.7 Å². The van der Waals surface area contributed by atoms with Gasteiger partial charge in [-0.25, -0.2) is 4.39 Å². The normalized spacial score (nSPS) is 12.1. The van der Waals surface area contributed by atoms with Gasteiger partial charge in [-0.1, -0.05) is 0 Å². The first kappa shape index (κ1) is 8.62. The molecule has 0 saturated heterocycles. The third-order valence-corrected chi connectivity index (χ3v) is 1.44. The number of nitrogens with two attached hydrogens (primary N) is 1. The van der Waals surface area contributed by atoms with Crippen molar-refractivity contribution in [3.05, 3.63) is 29.8 Å². The zero-order chi connectivity index (χ0) is 8.97. The van der Waals surface area contributed by atoms with Crippen molar-refractivity contribution in [2.45, 2.75) is 12.5 Å². The van der Waals surface area contributed by atoms with E-state index in [1.807, 2.05) is 6.07 Å². The summed E-state index contributed by atoms with van der Waals surface area (Å²) in [6.45, 7) is 0. The summed E-state index contributed by atoms with van der Waals surface area (Å²) < 4.78 is 12.4. The van der Waals surface area contributed by atoms with E-state index >= 15 is 0 Å². The lowest BCUT2D eigenvalue weighted by atomic mass is 10.1. The van der Waals surface area contributed by atoms with Gasteiger partial charge in [0.1, 0.15) is 5.82 Å². The Hall–Kier alpha value is -1.47. The Labute approximate surface area is 69.6 Å². The molecule has 1 aromatic heterocycles. The van der Waals surface area contributed by atoms with E-state index in [2.05, 4.69) is 4.98 Å². The summed E-state index contributed by atoms with van der Waals surface area (Å²) in [7, 11) is 0. The number of halogens is 1. The Morgan fingerprint density at radius 3 is 2.92 bits per heavy atom. The maximum Gasteiger partial charge on any atom is 0.141 e. The lowest BCUT2D eigenvalue weighted by Crippen LogP contribution is -2.10. The van der Waals surface area contributed by atoms with Crippen LogP contribution >= 0.6 is 0 Å². The molecule has 0 saturated carbocycles. The summed E-state index contributed by atoms with van der Waals surface area (Å²) in [6.07, 6.45) is 1.28. The summed E-state index contributed by atoms with van der Waals surface area (Å²) >= 11 is 0. The fourth-order valence-corrected chi connectivity index (χ4v) is 0.810. The number of nitriles is 1. The second kappa shape index (κ2) is 3.79. The van der Waals surface area contributed by atoms with E-state index in [1.54, 1.807) is 0 Å². The number of pyridine rings is 1. The van der Waals surface area contributed by atoms with Crippen LogP contribution in [0.1, 0.15) is 18.2 Å². The van der Waals surface area contributed by atoms with Crippen molar-refractivity contribution in [1.82, 2.24) is 4.98 Å². The van der Waals surface area contributed by atoms with Crippen LogP contribution in [0, 0.1) is 17.1 Å². The van der Waals surface area contributed by atoms with Gasteiger partial charge in [0.05, 0.1) is 30.4 Å². The number of nitrogens with zero attached hydrogens (tertiary/aromatic N) is 2. The monoisotopic (exact) mass is 165 g/mol. The minimum atomic E-state index is -0.421. The molecule has 0 aromatic carbocycles. The first-order valence-corrected chi connectivity index (χ1v) is 3.48. The molecule has 62 valence electrons. The Morgan fingerprint density at radius 2 is 2.42 bits per heavy atom. The van der Waals surface area contributed by atoms with Gasteiger partial charge in [-0.15, -0.1) is 0 Å². The summed E-state index contributed by atoms with van der Waals surface area (Å²) in [4.78, 5) is 3.75. The third kappa shape index (κ3) is 2.01.